The van der Waals surface area contributed by atoms with Gasteiger partial charge in [0.15, 0.2) is 0 Å². The molecule has 1 saturated heterocycles. The van der Waals surface area contributed by atoms with Crippen LogP contribution in [-0.4, -0.2) is 32.6 Å². The van der Waals surface area contributed by atoms with Gasteiger partial charge in [-0.2, -0.15) is 0 Å². The molecule has 27 heavy (non-hydrogen) atoms. The highest BCUT2D eigenvalue weighted by atomic mass is 35.5. The number of carbonyl (C=O) groups excluding carboxylic acids is 2. The van der Waals surface area contributed by atoms with Crippen molar-refractivity contribution in [2.24, 2.45) is 0 Å². The predicted molar refractivity (Wildman–Crippen MR) is 114 cm³/mol. The molecule has 2 aromatic rings. The molecule has 0 radical (unpaired) electrons. The summed E-state index contributed by atoms with van der Waals surface area (Å²) in [6.45, 7) is 2.07. The van der Waals surface area contributed by atoms with Crippen LogP contribution in [0.4, 0.5) is 5.82 Å². The Kier molecular flexibility index (Phi) is 6.26. The molecule has 0 aliphatic carbocycles. The first kappa shape index (κ1) is 19.5. The molecule has 2 amide bonds. The SMILES string of the molecule is Cc1cccc(NC(=O)CCN2C(=O)C(=Cc3ccc(Cl)cc3)SC2=S)n1. The molecule has 1 aromatic carbocycles. The molecule has 0 atom stereocenters. The fraction of sp³-hybridized carbons (Fsp3) is 0.158. The highest BCUT2D eigenvalue weighted by Gasteiger charge is 2.32. The van der Waals surface area contributed by atoms with Crippen LogP contribution >= 0.6 is 35.6 Å². The van der Waals surface area contributed by atoms with Gasteiger partial charge in [0.2, 0.25) is 5.91 Å². The summed E-state index contributed by atoms with van der Waals surface area (Å²) in [7, 11) is 0. The second-order valence-electron chi connectivity index (χ2n) is 5.85. The summed E-state index contributed by atoms with van der Waals surface area (Å²) in [6.07, 6.45) is 1.91. The number of nitrogens with one attached hydrogen (secondary N) is 1. The summed E-state index contributed by atoms with van der Waals surface area (Å²) in [5.74, 6) is 0.0817. The van der Waals surface area contributed by atoms with E-state index in [0.29, 0.717) is 20.1 Å². The first-order chi connectivity index (χ1) is 12.9. The second kappa shape index (κ2) is 8.65. The summed E-state index contributed by atoms with van der Waals surface area (Å²) in [5.41, 5.74) is 1.68. The number of carbonyl (C=O) groups is 2. The molecule has 8 heteroatoms. The smallest absolute Gasteiger partial charge is 0.266 e. The van der Waals surface area contributed by atoms with Crippen LogP contribution in [0.3, 0.4) is 0 Å². The molecular formula is C19H16ClN3O2S2. The average Bonchev–Trinajstić information content (AvgIpc) is 2.88. The van der Waals surface area contributed by atoms with Crippen molar-refractivity contribution in [1.29, 1.82) is 0 Å². The molecule has 0 bridgehead atoms. The third-order valence-electron chi connectivity index (χ3n) is 3.76. The van der Waals surface area contributed by atoms with Crippen molar-refractivity contribution in [1.82, 2.24) is 9.88 Å². The lowest BCUT2D eigenvalue weighted by Gasteiger charge is -2.14. The molecule has 2 heterocycles. The third kappa shape index (κ3) is 5.15. The van der Waals surface area contributed by atoms with Crippen molar-refractivity contribution < 1.29 is 9.59 Å². The van der Waals surface area contributed by atoms with Gasteiger partial charge in [-0.3, -0.25) is 14.5 Å². The number of pyridine rings is 1. The molecule has 0 unspecified atom stereocenters. The van der Waals surface area contributed by atoms with Crippen molar-refractivity contribution in [2.45, 2.75) is 13.3 Å². The summed E-state index contributed by atoms with van der Waals surface area (Å²) < 4.78 is 0.446. The number of thiocarbonyl (C=S) groups is 1. The predicted octanol–water partition coefficient (Wildman–Crippen LogP) is 4.27. The van der Waals surface area contributed by atoms with Crippen LogP contribution < -0.4 is 5.32 Å². The molecule has 5 nitrogen and oxygen atoms in total. The average molecular weight is 418 g/mol. The van der Waals surface area contributed by atoms with Gasteiger partial charge in [-0.05, 0) is 42.8 Å². The Balaban J connectivity index is 1.60. The zero-order chi connectivity index (χ0) is 19.4. The number of rotatable bonds is 5. The van der Waals surface area contributed by atoms with Crippen molar-refractivity contribution in [3.8, 4) is 0 Å². The maximum atomic E-state index is 12.6. The number of amides is 2. The van der Waals surface area contributed by atoms with E-state index in [-0.39, 0.29) is 24.8 Å². The number of hydrogen-bond acceptors (Lipinski definition) is 5. The van der Waals surface area contributed by atoms with Crippen LogP contribution in [0.1, 0.15) is 17.7 Å². The number of thioether (sulfide) groups is 1. The van der Waals surface area contributed by atoms with E-state index in [9.17, 15) is 9.59 Å². The lowest BCUT2D eigenvalue weighted by atomic mass is 10.2. The van der Waals surface area contributed by atoms with Crippen molar-refractivity contribution >= 4 is 63.6 Å². The van der Waals surface area contributed by atoms with E-state index < -0.39 is 0 Å². The van der Waals surface area contributed by atoms with Crippen molar-refractivity contribution in [2.75, 3.05) is 11.9 Å². The van der Waals surface area contributed by atoms with E-state index >= 15 is 0 Å². The molecule has 1 fully saturated rings. The fourth-order valence-corrected chi connectivity index (χ4v) is 3.87. The number of aryl methyl sites for hydroxylation is 1. The van der Waals surface area contributed by atoms with E-state index in [4.69, 9.17) is 23.8 Å². The van der Waals surface area contributed by atoms with Gasteiger partial charge in [0.1, 0.15) is 10.1 Å². The summed E-state index contributed by atoms with van der Waals surface area (Å²) >= 11 is 12.4. The molecule has 1 N–H and O–H groups in total. The Labute approximate surface area is 171 Å². The van der Waals surface area contributed by atoms with Gasteiger partial charge in [0.05, 0.1) is 4.91 Å². The largest absolute Gasteiger partial charge is 0.311 e. The van der Waals surface area contributed by atoms with Gasteiger partial charge in [-0.1, -0.05) is 53.8 Å². The van der Waals surface area contributed by atoms with Crippen LogP contribution in [0.25, 0.3) is 6.08 Å². The molecule has 1 aromatic heterocycles. The molecule has 138 valence electrons. The standard InChI is InChI=1S/C19H16ClN3O2S2/c1-12-3-2-4-16(21-12)22-17(24)9-10-23-18(25)15(27-19(23)26)11-13-5-7-14(20)8-6-13/h2-8,11H,9-10H2,1H3,(H,21,22,24). The molecule has 1 aliphatic rings. The number of anilines is 1. The zero-order valence-corrected chi connectivity index (χ0v) is 16.8. The molecule has 1 aliphatic heterocycles. The molecule has 0 spiro atoms. The van der Waals surface area contributed by atoms with Crippen LogP contribution in [-0.2, 0) is 9.59 Å². The van der Waals surface area contributed by atoms with Crippen LogP contribution in [0.15, 0.2) is 47.4 Å². The van der Waals surface area contributed by atoms with Crippen LogP contribution in [0.2, 0.25) is 5.02 Å². The molecular weight excluding hydrogens is 402 g/mol. The first-order valence-electron chi connectivity index (χ1n) is 8.17. The van der Waals surface area contributed by atoms with E-state index in [1.807, 2.05) is 31.2 Å². The van der Waals surface area contributed by atoms with Crippen LogP contribution in [0, 0.1) is 6.92 Å². The maximum Gasteiger partial charge on any atom is 0.266 e. The van der Waals surface area contributed by atoms with Gasteiger partial charge in [0, 0.05) is 23.7 Å². The number of benzene rings is 1. The number of hydrogen-bond donors (Lipinski definition) is 1. The highest BCUT2D eigenvalue weighted by molar-refractivity contribution is 8.26. The number of nitrogens with zero attached hydrogens (tertiary/aromatic N) is 2. The quantitative estimate of drug-likeness (QED) is 0.581. The van der Waals surface area contributed by atoms with Gasteiger partial charge in [-0.25, -0.2) is 4.98 Å². The maximum absolute atomic E-state index is 12.6. The van der Waals surface area contributed by atoms with E-state index in [1.165, 1.54) is 16.7 Å². The Morgan fingerprint density at radius 1 is 1.30 bits per heavy atom. The molecule has 0 saturated carbocycles. The highest BCUT2D eigenvalue weighted by Crippen LogP contribution is 2.32. The van der Waals surface area contributed by atoms with Crippen LogP contribution in [0.5, 0.6) is 0 Å². The zero-order valence-electron chi connectivity index (χ0n) is 14.4. The third-order valence-corrected chi connectivity index (χ3v) is 5.39. The minimum atomic E-state index is -0.219. The Hall–Kier alpha value is -2.22. The minimum Gasteiger partial charge on any atom is -0.311 e. The number of halogens is 1. The van der Waals surface area contributed by atoms with Gasteiger partial charge < -0.3 is 5.32 Å². The Morgan fingerprint density at radius 2 is 2.04 bits per heavy atom. The van der Waals surface area contributed by atoms with Gasteiger partial charge in [-0.15, -0.1) is 0 Å². The van der Waals surface area contributed by atoms with E-state index in [0.717, 1.165) is 11.3 Å². The normalized spacial score (nSPS) is 15.5. The Morgan fingerprint density at radius 3 is 2.74 bits per heavy atom. The first-order valence-corrected chi connectivity index (χ1v) is 9.77. The summed E-state index contributed by atoms with van der Waals surface area (Å²) in [5, 5.41) is 3.36. The van der Waals surface area contributed by atoms with E-state index in [2.05, 4.69) is 10.3 Å². The lowest BCUT2D eigenvalue weighted by molar-refractivity contribution is -0.122. The van der Waals surface area contributed by atoms with Crippen molar-refractivity contribution in [3.05, 3.63) is 63.6 Å². The minimum absolute atomic E-state index is 0.135. The van der Waals surface area contributed by atoms with Gasteiger partial charge >= 0.3 is 0 Å². The topological polar surface area (TPSA) is 62.3 Å². The Bertz CT molecular complexity index is 929. The lowest BCUT2D eigenvalue weighted by Crippen LogP contribution is -2.31. The molecule has 3 rings (SSSR count). The van der Waals surface area contributed by atoms with Crippen molar-refractivity contribution in [3.63, 3.8) is 0 Å². The van der Waals surface area contributed by atoms with E-state index in [1.54, 1.807) is 24.3 Å². The van der Waals surface area contributed by atoms with Gasteiger partial charge in [0.25, 0.3) is 5.91 Å². The monoisotopic (exact) mass is 417 g/mol. The second-order valence-corrected chi connectivity index (χ2v) is 7.96. The summed E-state index contributed by atoms with van der Waals surface area (Å²) in [6, 6.07) is 12.6. The summed E-state index contributed by atoms with van der Waals surface area (Å²) in [4.78, 5) is 30.9. The number of aromatic nitrogens is 1. The fourth-order valence-electron chi connectivity index (χ4n) is 2.43.